The molecular weight excluding hydrogens is 254 g/mol. The summed E-state index contributed by atoms with van der Waals surface area (Å²) >= 11 is 1.75. The molecule has 1 aromatic heterocycles. The fourth-order valence-corrected chi connectivity index (χ4v) is 3.03. The van der Waals surface area contributed by atoms with E-state index in [4.69, 9.17) is 10.5 Å². The van der Waals surface area contributed by atoms with Crippen LogP contribution in [0, 0.1) is 0 Å². The molecular formula is C16H15NOS. The van der Waals surface area contributed by atoms with E-state index in [0.29, 0.717) is 6.54 Å². The zero-order valence-electron chi connectivity index (χ0n) is 10.7. The van der Waals surface area contributed by atoms with Crippen molar-refractivity contribution >= 4 is 22.1 Å². The Balaban J connectivity index is 2.06. The first kappa shape index (κ1) is 12.2. The summed E-state index contributed by atoms with van der Waals surface area (Å²) in [5.41, 5.74) is 6.90. The predicted molar refractivity (Wildman–Crippen MR) is 81.7 cm³/mol. The third-order valence-electron chi connectivity index (χ3n) is 3.19. The average Bonchev–Trinajstić information content (AvgIpc) is 2.95. The lowest BCUT2D eigenvalue weighted by Gasteiger charge is -2.04. The molecule has 0 aliphatic carbocycles. The van der Waals surface area contributed by atoms with E-state index in [9.17, 15) is 0 Å². The van der Waals surface area contributed by atoms with Gasteiger partial charge in [0, 0.05) is 16.3 Å². The van der Waals surface area contributed by atoms with Gasteiger partial charge in [0.1, 0.15) is 5.75 Å². The molecule has 0 saturated carbocycles. The van der Waals surface area contributed by atoms with Crippen molar-refractivity contribution in [2.75, 3.05) is 7.11 Å². The third-order valence-corrected chi connectivity index (χ3v) is 4.35. The molecule has 0 saturated heterocycles. The topological polar surface area (TPSA) is 35.2 Å². The molecule has 0 aliphatic rings. The first-order valence-electron chi connectivity index (χ1n) is 6.17. The maximum Gasteiger partial charge on any atom is 0.119 e. The van der Waals surface area contributed by atoms with E-state index in [-0.39, 0.29) is 0 Å². The highest BCUT2D eigenvalue weighted by Crippen LogP contribution is 2.31. The van der Waals surface area contributed by atoms with Crippen molar-refractivity contribution in [1.29, 1.82) is 0 Å². The molecule has 19 heavy (non-hydrogen) atoms. The Morgan fingerprint density at radius 3 is 2.53 bits per heavy atom. The number of thiophene rings is 1. The third kappa shape index (κ3) is 2.35. The summed E-state index contributed by atoms with van der Waals surface area (Å²) in [7, 11) is 1.69. The molecule has 0 fully saturated rings. The van der Waals surface area contributed by atoms with Crippen molar-refractivity contribution in [3.8, 4) is 16.2 Å². The van der Waals surface area contributed by atoms with Crippen molar-refractivity contribution < 1.29 is 4.74 Å². The zero-order chi connectivity index (χ0) is 13.2. The van der Waals surface area contributed by atoms with E-state index in [0.717, 1.165) is 5.75 Å². The fraction of sp³-hybridized carbons (Fsp3) is 0.125. The normalized spacial score (nSPS) is 10.8. The summed E-state index contributed by atoms with van der Waals surface area (Å²) in [6, 6.07) is 16.9. The van der Waals surface area contributed by atoms with Crippen LogP contribution in [0.3, 0.4) is 0 Å². The summed E-state index contributed by atoms with van der Waals surface area (Å²) < 4.78 is 5.24. The van der Waals surface area contributed by atoms with Gasteiger partial charge in [-0.05, 0) is 46.7 Å². The van der Waals surface area contributed by atoms with E-state index < -0.39 is 0 Å². The number of hydrogen-bond donors (Lipinski definition) is 1. The molecule has 2 nitrogen and oxygen atoms in total. The van der Waals surface area contributed by atoms with Crippen LogP contribution in [-0.4, -0.2) is 7.11 Å². The van der Waals surface area contributed by atoms with Crippen molar-refractivity contribution in [3.05, 3.63) is 53.4 Å². The van der Waals surface area contributed by atoms with E-state index in [1.807, 2.05) is 6.07 Å². The summed E-state index contributed by atoms with van der Waals surface area (Å²) in [6.45, 7) is 0.607. The van der Waals surface area contributed by atoms with Gasteiger partial charge in [0.05, 0.1) is 7.11 Å². The molecule has 1 heterocycles. The van der Waals surface area contributed by atoms with Gasteiger partial charge in [-0.3, -0.25) is 0 Å². The van der Waals surface area contributed by atoms with Gasteiger partial charge < -0.3 is 10.5 Å². The van der Waals surface area contributed by atoms with Gasteiger partial charge in [-0.2, -0.15) is 0 Å². The number of ether oxygens (including phenoxy) is 1. The summed E-state index contributed by atoms with van der Waals surface area (Å²) in [4.78, 5) is 2.47. The molecule has 0 aliphatic heterocycles. The van der Waals surface area contributed by atoms with E-state index >= 15 is 0 Å². The van der Waals surface area contributed by atoms with Crippen molar-refractivity contribution in [3.63, 3.8) is 0 Å². The van der Waals surface area contributed by atoms with Crippen LogP contribution in [0.2, 0.25) is 0 Å². The van der Waals surface area contributed by atoms with Gasteiger partial charge in [0.25, 0.3) is 0 Å². The van der Waals surface area contributed by atoms with Crippen LogP contribution < -0.4 is 10.5 Å². The van der Waals surface area contributed by atoms with Crippen LogP contribution in [0.5, 0.6) is 5.75 Å². The number of methoxy groups -OCH3 is 1. The van der Waals surface area contributed by atoms with E-state index in [1.54, 1.807) is 18.4 Å². The van der Waals surface area contributed by atoms with Gasteiger partial charge in [-0.15, -0.1) is 11.3 Å². The molecule has 3 heteroatoms. The SMILES string of the molecule is COc1ccc2cc(-c3ccc(CN)s3)ccc2c1. The van der Waals surface area contributed by atoms with E-state index in [1.165, 1.54) is 26.1 Å². The molecule has 0 atom stereocenters. The predicted octanol–water partition coefficient (Wildman–Crippen LogP) is 4.04. The van der Waals surface area contributed by atoms with Crippen LogP contribution >= 0.6 is 11.3 Å². The van der Waals surface area contributed by atoms with E-state index in [2.05, 4.69) is 42.5 Å². The second-order valence-corrected chi connectivity index (χ2v) is 5.57. The Morgan fingerprint density at radius 1 is 1.00 bits per heavy atom. The average molecular weight is 269 g/mol. The number of rotatable bonds is 3. The smallest absolute Gasteiger partial charge is 0.119 e. The molecule has 0 bridgehead atoms. The molecule has 0 amide bonds. The van der Waals surface area contributed by atoms with Crippen LogP contribution in [0.25, 0.3) is 21.2 Å². The Hall–Kier alpha value is -1.84. The second-order valence-electron chi connectivity index (χ2n) is 4.40. The lowest BCUT2D eigenvalue weighted by molar-refractivity contribution is 0.415. The molecule has 3 aromatic rings. The van der Waals surface area contributed by atoms with Crippen LogP contribution in [0.1, 0.15) is 4.88 Å². The second kappa shape index (κ2) is 5.03. The van der Waals surface area contributed by atoms with Crippen molar-refractivity contribution in [2.45, 2.75) is 6.54 Å². The summed E-state index contributed by atoms with van der Waals surface area (Å²) in [5.74, 6) is 0.891. The Labute approximate surface area is 116 Å². The molecule has 2 N–H and O–H groups in total. The lowest BCUT2D eigenvalue weighted by atomic mass is 10.1. The van der Waals surface area contributed by atoms with Crippen LogP contribution in [0.15, 0.2) is 48.5 Å². The molecule has 96 valence electrons. The monoisotopic (exact) mass is 269 g/mol. The standard InChI is InChI=1S/C16H15NOS/c1-18-14-5-4-11-8-13(3-2-12(11)9-14)16-7-6-15(10-17)19-16/h2-9H,10,17H2,1H3. The van der Waals surface area contributed by atoms with Gasteiger partial charge in [-0.25, -0.2) is 0 Å². The fourth-order valence-electron chi connectivity index (χ4n) is 2.15. The number of benzene rings is 2. The molecule has 0 spiro atoms. The lowest BCUT2D eigenvalue weighted by Crippen LogP contribution is -1.90. The van der Waals surface area contributed by atoms with Gasteiger partial charge in [-0.1, -0.05) is 18.2 Å². The van der Waals surface area contributed by atoms with Crippen LogP contribution in [0.4, 0.5) is 0 Å². The Bertz CT molecular complexity index is 718. The van der Waals surface area contributed by atoms with Gasteiger partial charge in [0.2, 0.25) is 0 Å². The highest BCUT2D eigenvalue weighted by Gasteiger charge is 2.04. The molecule has 2 aromatic carbocycles. The zero-order valence-corrected chi connectivity index (χ0v) is 11.5. The van der Waals surface area contributed by atoms with Crippen molar-refractivity contribution in [2.24, 2.45) is 5.73 Å². The quantitative estimate of drug-likeness (QED) is 0.779. The van der Waals surface area contributed by atoms with Gasteiger partial charge in [0.15, 0.2) is 0 Å². The summed E-state index contributed by atoms with van der Waals surface area (Å²) in [5, 5.41) is 2.42. The Kier molecular flexibility index (Phi) is 3.23. The summed E-state index contributed by atoms with van der Waals surface area (Å²) in [6.07, 6.45) is 0. The van der Waals surface area contributed by atoms with Crippen molar-refractivity contribution in [1.82, 2.24) is 0 Å². The Morgan fingerprint density at radius 2 is 1.79 bits per heavy atom. The number of nitrogens with two attached hydrogens (primary N) is 1. The highest BCUT2D eigenvalue weighted by atomic mass is 32.1. The first-order chi connectivity index (χ1) is 9.30. The number of hydrogen-bond acceptors (Lipinski definition) is 3. The number of fused-ring (bicyclic) bond motifs is 1. The highest BCUT2D eigenvalue weighted by molar-refractivity contribution is 7.15. The first-order valence-corrected chi connectivity index (χ1v) is 6.99. The minimum absolute atomic E-state index is 0.607. The molecule has 3 rings (SSSR count). The minimum Gasteiger partial charge on any atom is -0.497 e. The minimum atomic E-state index is 0.607. The molecule has 0 unspecified atom stereocenters. The van der Waals surface area contributed by atoms with Gasteiger partial charge >= 0.3 is 0 Å². The largest absolute Gasteiger partial charge is 0.497 e. The molecule has 0 radical (unpaired) electrons. The maximum atomic E-state index is 5.66. The van der Waals surface area contributed by atoms with Crippen LogP contribution in [-0.2, 0) is 6.54 Å². The maximum absolute atomic E-state index is 5.66.